The van der Waals surface area contributed by atoms with E-state index >= 15 is 0 Å². The molecule has 3 rings (SSSR count). The van der Waals surface area contributed by atoms with Gasteiger partial charge in [-0.25, -0.2) is 13.4 Å². The molecule has 8 nitrogen and oxygen atoms in total. The van der Waals surface area contributed by atoms with Gasteiger partial charge in [-0.3, -0.25) is 9.69 Å². The standard InChI is InChI=1S/C27H42N4O4S/c1-21(2)16-26(32)30(11-10-29-12-14-35-15-13-29)19-25-17-28-27(31(25)18-22(3)4)36(33,34)20-24-9-7-6-8-23(24)5/h6-9,17,21-22H,10-16,18-20H2,1-5H3. The molecule has 0 aliphatic carbocycles. The number of sulfone groups is 1. The topological polar surface area (TPSA) is 84.7 Å². The Hall–Kier alpha value is -2.23. The van der Waals surface area contributed by atoms with Crippen LogP contribution in [0.3, 0.4) is 0 Å². The maximum Gasteiger partial charge on any atom is 0.228 e. The van der Waals surface area contributed by atoms with E-state index in [1.807, 2.05) is 54.5 Å². The van der Waals surface area contributed by atoms with Crippen LogP contribution in [0.4, 0.5) is 0 Å². The molecule has 0 saturated carbocycles. The molecule has 0 spiro atoms. The van der Waals surface area contributed by atoms with Gasteiger partial charge in [0.2, 0.25) is 20.9 Å². The monoisotopic (exact) mass is 518 g/mol. The molecule has 1 aromatic heterocycles. The fourth-order valence-electron chi connectivity index (χ4n) is 4.42. The van der Waals surface area contributed by atoms with Crippen LogP contribution in [0, 0.1) is 18.8 Å². The first-order valence-corrected chi connectivity index (χ1v) is 14.6. The number of nitrogens with zero attached hydrogens (tertiary/aromatic N) is 4. The highest BCUT2D eigenvalue weighted by atomic mass is 32.2. The smallest absolute Gasteiger partial charge is 0.228 e. The lowest BCUT2D eigenvalue weighted by atomic mass is 10.1. The molecule has 0 radical (unpaired) electrons. The molecule has 2 aromatic rings. The Morgan fingerprint density at radius 3 is 2.44 bits per heavy atom. The minimum Gasteiger partial charge on any atom is -0.379 e. The molecule has 0 atom stereocenters. The molecule has 1 saturated heterocycles. The molecular weight excluding hydrogens is 476 g/mol. The minimum atomic E-state index is -3.67. The highest BCUT2D eigenvalue weighted by Gasteiger charge is 2.27. The zero-order chi connectivity index (χ0) is 26.3. The van der Waals surface area contributed by atoms with Crippen LogP contribution in [0.25, 0.3) is 0 Å². The van der Waals surface area contributed by atoms with Crippen molar-refractivity contribution < 1.29 is 17.9 Å². The van der Waals surface area contributed by atoms with Gasteiger partial charge in [0.15, 0.2) is 0 Å². The molecule has 0 unspecified atom stereocenters. The third-order valence-electron chi connectivity index (χ3n) is 6.41. The number of morpholine rings is 1. The van der Waals surface area contributed by atoms with Gasteiger partial charge in [-0.05, 0) is 29.9 Å². The molecular formula is C27H42N4O4S. The molecule has 0 N–H and O–H groups in total. The van der Waals surface area contributed by atoms with Gasteiger partial charge in [-0.1, -0.05) is 52.0 Å². The van der Waals surface area contributed by atoms with Crippen LogP contribution < -0.4 is 0 Å². The fourth-order valence-corrected chi connectivity index (χ4v) is 6.02. The van der Waals surface area contributed by atoms with E-state index in [1.165, 1.54) is 0 Å². The van der Waals surface area contributed by atoms with E-state index in [-0.39, 0.29) is 28.7 Å². The highest BCUT2D eigenvalue weighted by molar-refractivity contribution is 7.90. The Bertz CT molecular complexity index is 1100. The second-order valence-electron chi connectivity index (χ2n) is 10.6. The largest absolute Gasteiger partial charge is 0.379 e. The molecule has 1 aliphatic heterocycles. The van der Waals surface area contributed by atoms with Gasteiger partial charge in [0.05, 0.1) is 37.4 Å². The Balaban J connectivity index is 1.87. The summed E-state index contributed by atoms with van der Waals surface area (Å²) in [6, 6.07) is 7.53. The molecule has 200 valence electrons. The summed E-state index contributed by atoms with van der Waals surface area (Å²) in [5.41, 5.74) is 2.47. The summed E-state index contributed by atoms with van der Waals surface area (Å²) >= 11 is 0. The third kappa shape index (κ3) is 7.88. The van der Waals surface area contributed by atoms with Crippen LogP contribution in [-0.2, 0) is 38.2 Å². The SMILES string of the molecule is Cc1ccccc1CS(=O)(=O)c1ncc(CN(CCN2CCOCC2)C(=O)CC(C)C)n1CC(C)C. The minimum absolute atomic E-state index is 0.0823. The molecule has 0 bridgehead atoms. The van der Waals surface area contributed by atoms with Gasteiger partial charge in [-0.15, -0.1) is 0 Å². The van der Waals surface area contributed by atoms with Crippen molar-refractivity contribution in [3.05, 3.63) is 47.3 Å². The summed E-state index contributed by atoms with van der Waals surface area (Å²) in [6.45, 7) is 15.5. The third-order valence-corrected chi connectivity index (χ3v) is 7.99. The number of aromatic nitrogens is 2. The van der Waals surface area contributed by atoms with Crippen molar-refractivity contribution in [2.75, 3.05) is 39.4 Å². The Labute approximate surface area is 216 Å². The van der Waals surface area contributed by atoms with E-state index in [0.717, 1.165) is 36.5 Å². The van der Waals surface area contributed by atoms with Crippen LogP contribution in [0.5, 0.6) is 0 Å². The number of aryl methyl sites for hydroxylation is 1. The van der Waals surface area contributed by atoms with E-state index in [1.54, 1.807) is 6.20 Å². The Morgan fingerprint density at radius 2 is 1.81 bits per heavy atom. The lowest BCUT2D eigenvalue weighted by molar-refractivity contribution is -0.133. The summed E-state index contributed by atoms with van der Waals surface area (Å²) in [5, 5.41) is 0.0823. The van der Waals surface area contributed by atoms with Gasteiger partial charge in [0.1, 0.15) is 0 Å². The summed E-state index contributed by atoms with van der Waals surface area (Å²) in [7, 11) is -3.67. The van der Waals surface area contributed by atoms with E-state index < -0.39 is 9.84 Å². The van der Waals surface area contributed by atoms with Crippen molar-refractivity contribution in [3.8, 4) is 0 Å². The second kappa shape index (κ2) is 12.8. The highest BCUT2D eigenvalue weighted by Crippen LogP contribution is 2.22. The molecule has 9 heteroatoms. The molecule has 36 heavy (non-hydrogen) atoms. The number of carbonyl (C=O) groups excluding carboxylic acids is 1. The molecule has 2 heterocycles. The van der Waals surface area contributed by atoms with Gasteiger partial charge >= 0.3 is 0 Å². The second-order valence-corrected chi connectivity index (χ2v) is 12.5. The summed E-state index contributed by atoms with van der Waals surface area (Å²) in [5.74, 6) is 0.453. The first-order chi connectivity index (χ1) is 17.1. The maximum atomic E-state index is 13.5. The molecule has 1 aromatic carbocycles. The van der Waals surface area contributed by atoms with Crippen LogP contribution in [0.1, 0.15) is 50.9 Å². The van der Waals surface area contributed by atoms with Gasteiger partial charge in [0, 0.05) is 39.1 Å². The maximum absolute atomic E-state index is 13.5. The number of rotatable bonds is 12. The average Bonchev–Trinajstić information content (AvgIpc) is 3.20. The normalized spacial score (nSPS) is 15.1. The molecule has 1 amide bonds. The van der Waals surface area contributed by atoms with E-state index in [9.17, 15) is 13.2 Å². The number of carbonyl (C=O) groups is 1. The predicted molar refractivity (Wildman–Crippen MR) is 141 cm³/mol. The van der Waals surface area contributed by atoms with E-state index in [4.69, 9.17) is 4.74 Å². The summed E-state index contributed by atoms with van der Waals surface area (Å²) < 4.78 is 34.2. The van der Waals surface area contributed by atoms with Crippen LogP contribution in [0.2, 0.25) is 0 Å². The number of hydrogen-bond acceptors (Lipinski definition) is 6. The lowest BCUT2D eigenvalue weighted by Gasteiger charge is -2.30. The van der Waals surface area contributed by atoms with Gasteiger partial charge in [-0.2, -0.15) is 0 Å². The van der Waals surface area contributed by atoms with Crippen LogP contribution >= 0.6 is 0 Å². The van der Waals surface area contributed by atoms with Crippen molar-refractivity contribution in [1.29, 1.82) is 0 Å². The first kappa shape index (κ1) is 28.3. The first-order valence-electron chi connectivity index (χ1n) is 13.0. The van der Waals surface area contributed by atoms with E-state index in [2.05, 4.69) is 23.7 Å². The van der Waals surface area contributed by atoms with Crippen molar-refractivity contribution in [1.82, 2.24) is 19.4 Å². The van der Waals surface area contributed by atoms with Crippen molar-refractivity contribution in [3.63, 3.8) is 0 Å². The lowest BCUT2D eigenvalue weighted by Crippen LogP contribution is -2.43. The number of imidazole rings is 1. The number of hydrogen-bond donors (Lipinski definition) is 0. The Morgan fingerprint density at radius 1 is 1.11 bits per heavy atom. The summed E-state index contributed by atoms with van der Waals surface area (Å²) in [6.07, 6.45) is 2.09. The number of ether oxygens (including phenoxy) is 1. The van der Waals surface area contributed by atoms with E-state index in [0.29, 0.717) is 39.3 Å². The zero-order valence-electron chi connectivity index (χ0n) is 22.4. The van der Waals surface area contributed by atoms with Gasteiger partial charge < -0.3 is 14.2 Å². The quantitative estimate of drug-likeness (QED) is 0.427. The van der Waals surface area contributed by atoms with Gasteiger partial charge in [0.25, 0.3) is 0 Å². The fraction of sp³-hybridized carbons (Fsp3) is 0.630. The molecule has 1 fully saturated rings. The average molecular weight is 519 g/mol. The number of benzene rings is 1. The number of amides is 1. The van der Waals surface area contributed by atoms with Crippen molar-refractivity contribution in [2.45, 2.75) is 65.0 Å². The van der Waals surface area contributed by atoms with Crippen LogP contribution in [-0.4, -0.2) is 73.1 Å². The Kier molecular flexibility index (Phi) is 10.1. The molecule has 1 aliphatic rings. The zero-order valence-corrected chi connectivity index (χ0v) is 23.3. The van der Waals surface area contributed by atoms with Crippen LogP contribution in [0.15, 0.2) is 35.6 Å². The van der Waals surface area contributed by atoms with Crippen molar-refractivity contribution in [2.24, 2.45) is 11.8 Å². The summed E-state index contributed by atoms with van der Waals surface area (Å²) in [4.78, 5) is 21.8. The predicted octanol–water partition coefficient (Wildman–Crippen LogP) is 3.53. The van der Waals surface area contributed by atoms with Crippen molar-refractivity contribution >= 4 is 15.7 Å².